The maximum Gasteiger partial charge on any atom is 0.321 e. The number of carbonyl (C=O) groups excluding carboxylic acids is 1. The van der Waals surface area contributed by atoms with Crippen LogP contribution >= 0.6 is 0 Å². The minimum absolute atomic E-state index is 0.229. The number of nitrogens with zero attached hydrogens (tertiary/aromatic N) is 1. The van der Waals surface area contributed by atoms with Gasteiger partial charge in [-0.1, -0.05) is 0 Å². The summed E-state index contributed by atoms with van der Waals surface area (Å²) in [5.74, 6) is -0.523. The fraction of sp³-hybridized carbons (Fsp3) is 0.900. The van der Waals surface area contributed by atoms with Gasteiger partial charge in [0.25, 0.3) is 0 Å². The number of ether oxygens (including phenoxy) is 2. The van der Waals surface area contributed by atoms with Gasteiger partial charge in [-0.3, -0.25) is 4.79 Å². The van der Waals surface area contributed by atoms with Gasteiger partial charge in [0, 0.05) is 20.3 Å². The van der Waals surface area contributed by atoms with Crippen molar-refractivity contribution in [3.05, 3.63) is 0 Å². The summed E-state index contributed by atoms with van der Waals surface area (Å²) in [6.07, 6.45) is 0.963. The first kappa shape index (κ1) is 14.4. The van der Waals surface area contributed by atoms with Crippen molar-refractivity contribution in [3.8, 4) is 0 Å². The van der Waals surface area contributed by atoms with Gasteiger partial charge < -0.3 is 9.47 Å². The molecule has 0 aromatic carbocycles. The maximum atomic E-state index is 12.1. The van der Waals surface area contributed by atoms with Gasteiger partial charge in [0.1, 0.15) is 6.54 Å². The zero-order valence-electron chi connectivity index (χ0n) is 10.2. The summed E-state index contributed by atoms with van der Waals surface area (Å²) in [6, 6.07) is 0. The van der Waals surface area contributed by atoms with Crippen LogP contribution in [0.5, 0.6) is 0 Å². The van der Waals surface area contributed by atoms with Gasteiger partial charge in [-0.15, -0.1) is 0 Å². The standard InChI is InChI=1S/C10H19NO5S/c1-3-16-10(12)8-11(2)17(13,14)9-4-6-15-7-5-9/h9H,3-8H2,1-2H3. The van der Waals surface area contributed by atoms with E-state index < -0.39 is 21.2 Å². The van der Waals surface area contributed by atoms with Gasteiger partial charge >= 0.3 is 5.97 Å². The van der Waals surface area contributed by atoms with Gasteiger partial charge in [0.15, 0.2) is 0 Å². The van der Waals surface area contributed by atoms with Crippen LogP contribution in [0.2, 0.25) is 0 Å². The van der Waals surface area contributed by atoms with Gasteiger partial charge in [0.2, 0.25) is 10.0 Å². The Kier molecular flexibility index (Phi) is 5.35. The molecule has 1 saturated heterocycles. The Morgan fingerprint density at radius 2 is 2.00 bits per heavy atom. The van der Waals surface area contributed by atoms with Crippen LogP contribution < -0.4 is 0 Å². The van der Waals surface area contributed by atoms with Gasteiger partial charge in [-0.25, -0.2) is 8.42 Å². The van der Waals surface area contributed by atoms with E-state index in [1.54, 1.807) is 6.92 Å². The van der Waals surface area contributed by atoms with Gasteiger partial charge in [-0.2, -0.15) is 4.31 Å². The van der Waals surface area contributed by atoms with E-state index >= 15 is 0 Å². The third kappa shape index (κ3) is 3.93. The first-order chi connectivity index (χ1) is 7.98. The third-order valence-electron chi connectivity index (χ3n) is 2.68. The molecule has 0 aromatic rings. The predicted octanol–water partition coefficient (Wildman–Crippen LogP) is -0.00990. The van der Waals surface area contributed by atoms with Crippen LogP contribution in [0.1, 0.15) is 19.8 Å². The highest BCUT2D eigenvalue weighted by Gasteiger charge is 2.32. The molecule has 0 bridgehead atoms. The lowest BCUT2D eigenvalue weighted by atomic mass is 10.2. The topological polar surface area (TPSA) is 72.9 Å². The van der Waals surface area contributed by atoms with E-state index in [0.717, 1.165) is 4.31 Å². The molecule has 0 amide bonds. The second-order valence-electron chi connectivity index (χ2n) is 3.92. The lowest BCUT2D eigenvalue weighted by Gasteiger charge is -2.26. The zero-order valence-corrected chi connectivity index (χ0v) is 11.0. The van der Waals surface area contributed by atoms with Crippen LogP contribution in [0, 0.1) is 0 Å². The summed E-state index contributed by atoms with van der Waals surface area (Å²) in [7, 11) is -2.02. The molecule has 0 N–H and O–H groups in total. The Labute approximate surface area is 102 Å². The van der Waals surface area contributed by atoms with E-state index in [4.69, 9.17) is 9.47 Å². The molecule has 7 heteroatoms. The van der Waals surface area contributed by atoms with Crippen molar-refractivity contribution in [2.45, 2.75) is 25.0 Å². The summed E-state index contributed by atoms with van der Waals surface area (Å²) >= 11 is 0. The van der Waals surface area contributed by atoms with Crippen molar-refractivity contribution < 1.29 is 22.7 Å². The number of carbonyl (C=O) groups is 1. The molecule has 1 aliphatic heterocycles. The van der Waals surface area contributed by atoms with E-state index in [-0.39, 0.29) is 13.2 Å². The molecule has 100 valence electrons. The molecule has 1 fully saturated rings. The normalized spacial score (nSPS) is 18.3. The van der Waals surface area contributed by atoms with Crippen LogP contribution in [-0.2, 0) is 24.3 Å². The number of esters is 1. The second kappa shape index (κ2) is 6.32. The third-order valence-corrected chi connectivity index (χ3v) is 4.99. The molecule has 1 aliphatic rings. The highest BCUT2D eigenvalue weighted by Crippen LogP contribution is 2.18. The monoisotopic (exact) mass is 265 g/mol. The molecule has 0 saturated carbocycles. The van der Waals surface area contributed by atoms with Crippen LogP contribution in [-0.4, -0.2) is 57.4 Å². The molecule has 0 spiro atoms. The van der Waals surface area contributed by atoms with E-state index in [1.165, 1.54) is 7.05 Å². The largest absolute Gasteiger partial charge is 0.465 e. The van der Waals surface area contributed by atoms with Crippen molar-refractivity contribution in [3.63, 3.8) is 0 Å². The SMILES string of the molecule is CCOC(=O)CN(C)S(=O)(=O)C1CCOCC1. The molecule has 0 aliphatic carbocycles. The Morgan fingerprint density at radius 1 is 1.41 bits per heavy atom. The molecule has 17 heavy (non-hydrogen) atoms. The predicted molar refractivity (Wildman–Crippen MR) is 62.0 cm³/mol. The highest BCUT2D eigenvalue weighted by atomic mass is 32.2. The van der Waals surface area contributed by atoms with E-state index in [2.05, 4.69) is 0 Å². The molecule has 0 aromatic heterocycles. The molecule has 6 nitrogen and oxygen atoms in total. The zero-order chi connectivity index (χ0) is 12.9. The lowest BCUT2D eigenvalue weighted by Crippen LogP contribution is -2.41. The fourth-order valence-corrected chi connectivity index (χ4v) is 3.29. The second-order valence-corrected chi connectivity index (χ2v) is 6.24. The van der Waals surface area contributed by atoms with Crippen LogP contribution in [0.4, 0.5) is 0 Å². The minimum atomic E-state index is -3.42. The molecule has 1 rings (SSSR count). The quantitative estimate of drug-likeness (QED) is 0.654. The highest BCUT2D eigenvalue weighted by molar-refractivity contribution is 7.89. The number of hydrogen-bond acceptors (Lipinski definition) is 5. The molecule has 1 heterocycles. The molecule has 0 unspecified atom stereocenters. The summed E-state index contributed by atoms with van der Waals surface area (Å²) in [4.78, 5) is 11.2. The molecular weight excluding hydrogens is 246 g/mol. The van der Waals surface area contributed by atoms with Crippen molar-refractivity contribution in [2.75, 3.05) is 33.4 Å². The number of sulfonamides is 1. The Balaban J connectivity index is 2.59. The maximum absolute atomic E-state index is 12.1. The number of likely N-dealkylation sites (N-methyl/N-ethyl adjacent to an activating group) is 1. The lowest BCUT2D eigenvalue weighted by molar-refractivity contribution is -0.143. The fourth-order valence-electron chi connectivity index (χ4n) is 1.71. The van der Waals surface area contributed by atoms with Crippen molar-refractivity contribution in [1.29, 1.82) is 0 Å². The van der Waals surface area contributed by atoms with Crippen molar-refractivity contribution >= 4 is 16.0 Å². The molecule has 0 radical (unpaired) electrons. The smallest absolute Gasteiger partial charge is 0.321 e. The van der Waals surface area contributed by atoms with Gasteiger partial charge in [0.05, 0.1) is 11.9 Å². The minimum Gasteiger partial charge on any atom is -0.465 e. The summed E-state index contributed by atoms with van der Waals surface area (Å²) in [6.45, 7) is 2.62. The van der Waals surface area contributed by atoms with E-state index in [0.29, 0.717) is 26.1 Å². The summed E-state index contributed by atoms with van der Waals surface area (Å²) in [5, 5.41) is -0.448. The van der Waals surface area contributed by atoms with Crippen LogP contribution in [0.15, 0.2) is 0 Å². The van der Waals surface area contributed by atoms with Crippen LogP contribution in [0.3, 0.4) is 0 Å². The Hall–Kier alpha value is -0.660. The van der Waals surface area contributed by atoms with Crippen molar-refractivity contribution in [1.82, 2.24) is 4.31 Å². The molecular formula is C10H19NO5S. The summed E-state index contributed by atoms with van der Waals surface area (Å²) < 4.78 is 35.1. The summed E-state index contributed by atoms with van der Waals surface area (Å²) in [5.41, 5.74) is 0. The average Bonchev–Trinajstić information content (AvgIpc) is 2.30. The van der Waals surface area contributed by atoms with E-state index in [9.17, 15) is 13.2 Å². The van der Waals surface area contributed by atoms with E-state index in [1.807, 2.05) is 0 Å². The number of rotatable bonds is 5. The number of hydrogen-bond donors (Lipinski definition) is 0. The Bertz CT molecular complexity index is 348. The van der Waals surface area contributed by atoms with Crippen molar-refractivity contribution in [2.24, 2.45) is 0 Å². The van der Waals surface area contributed by atoms with Gasteiger partial charge in [-0.05, 0) is 19.8 Å². The molecule has 0 atom stereocenters. The van der Waals surface area contributed by atoms with Crippen LogP contribution in [0.25, 0.3) is 0 Å². The Morgan fingerprint density at radius 3 is 2.53 bits per heavy atom. The first-order valence-electron chi connectivity index (χ1n) is 5.67. The first-order valence-corrected chi connectivity index (χ1v) is 7.17. The average molecular weight is 265 g/mol.